The summed E-state index contributed by atoms with van der Waals surface area (Å²) in [4.78, 5) is 12.1. The molecule has 20 heavy (non-hydrogen) atoms. The molecular formula is C16H26N2O2. The zero-order valence-corrected chi connectivity index (χ0v) is 13.1. The first-order valence-electron chi connectivity index (χ1n) is 7.04. The minimum atomic E-state index is -0.528. The van der Waals surface area contributed by atoms with E-state index in [0.29, 0.717) is 6.61 Å². The number of nitrogens with two attached hydrogens (primary N) is 1. The molecule has 1 unspecified atom stereocenters. The summed E-state index contributed by atoms with van der Waals surface area (Å²) >= 11 is 0. The van der Waals surface area contributed by atoms with Gasteiger partial charge in [0.05, 0.1) is 18.7 Å². The van der Waals surface area contributed by atoms with E-state index in [4.69, 9.17) is 10.5 Å². The molecule has 1 amide bonds. The predicted octanol–water partition coefficient (Wildman–Crippen LogP) is 2.64. The van der Waals surface area contributed by atoms with Crippen molar-refractivity contribution in [2.24, 2.45) is 11.1 Å². The second-order valence-electron chi connectivity index (χ2n) is 6.08. The average Bonchev–Trinajstić information content (AvgIpc) is 2.37. The molecule has 0 bridgehead atoms. The highest BCUT2D eigenvalue weighted by Gasteiger charge is 2.28. The van der Waals surface area contributed by atoms with Crippen LogP contribution in [-0.2, 0) is 4.79 Å². The molecule has 4 nitrogen and oxygen atoms in total. The van der Waals surface area contributed by atoms with Crippen LogP contribution >= 0.6 is 0 Å². The van der Waals surface area contributed by atoms with Gasteiger partial charge in [-0.25, -0.2) is 0 Å². The van der Waals surface area contributed by atoms with E-state index >= 15 is 0 Å². The van der Waals surface area contributed by atoms with E-state index in [-0.39, 0.29) is 17.4 Å². The lowest BCUT2D eigenvalue weighted by molar-refractivity contribution is -0.125. The van der Waals surface area contributed by atoms with Crippen molar-refractivity contribution in [2.45, 2.75) is 46.7 Å². The smallest absolute Gasteiger partial charge is 0.237 e. The Morgan fingerprint density at radius 1 is 1.40 bits per heavy atom. The lowest BCUT2D eigenvalue weighted by Crippen LogP contribution is -2.49. The standard InChI is InChI=1S/C16H26N2O2/c1-6-20-13-9-7-8-12(10-13)11(2)18-15(19)14(17)16(3,4)5/h7-11,14H,6,17H2,1-5H3,(H,18,19)/t11?,14-/m1/s1. The molecule has 0 aromatic heterocycles. The molecular weight excluding hydrogens is 252 g/mol. The summed E-state index contributed by atoms with van der Waals surface area (Å²) in [5.41, 5.74) is 6.71. The van der Waals surface area contributed by atoms with E-state index in [9.17, 15) is 4.79 Å². The van der Waals surface area contributed by atoms with Crippen LogP contribution in [0.1, 0.15) is 46.2 Å². The first-order valence-corrected chi connectivity index (χ1v) is 7.04. The van der Waals surface area contributed by atoms with Crippen LogP contribution in [0, 0.1) is 5.41 Å². The first-order chi connectivity index (χ1) is 9.25. The van der Waals surface area contributed by atoms with Crippen LogP contribution in [0.15, 0.2) is 24.3 Å². The number of carbonyl (C=O) groups is 1. The summed E-state index contributed by atoms with van der Waals surface area (Å²) in [5.74, 6) is 0.679. The Kier molecular flexibility index (Phi) is 5.57. The van der Waals surface area contributed by atoms with Crippen LogP contribution in [0.4, 0.5) is 0 Å². The lowest BCUT2D eigenvalue weighted by atomic mass is 9.86. The van der Waals surface area contributed by atoms with E-state index in [1.807, 2.05) is 58.9 Å². The van der Waals surface area contributed by atoms with E-state index in [1.54, 1.807) is 0 Å². The minimum Gasteiger partial charge on any atom is -0.494 e. The van der Waals surface area contributed by atoms with Gasteiger partial charge in [0.15, 0.2) is 0 Å². The summed E-state index contributed by atoms with van der Waals surface area (Å²) in [6.07, 6.45) is 0. The van der Waals surface area contributed by atoms with Gasteiger partial charge in [0, 0.05) is 0 Å². The van der Waals surface area contributed by atoms with Crippen molar-refractivity contribution in [3.05, 3.63) is 29.8 Å². The van der Waals surface area contributed by atoms with Gasteiger partial charge in [0.25, 0.3) is 0 Å². The van der Waals surface area contributed by atoms with E-state index < -0.39 is 6.04 Å². The summed E-state index contributed by atoms with van der Waals surface area (Å²) in [6, 6.07) is 7.11. The van der Waals surface area contributed by atoms with Crippen LogP contribution in [0.2, 0.25) is 0 Å². The molecule has 3 N–H and O–H groups in total. The SMILES string of the molecule is CCOc1cccc(C(C)NC(=O)[C@@H](N)C(C)(C)C)c1. The van der Waals surface area contributed by atoms with Crippen molar-refractivity contribution in [3.8, 4) is 5.75 Å². The fourth-order valence-electron chi connectivity index (χ4n) is 1.82. The topological polar surface area (TPSA) is 64.3 Å². The number of hydrogen-bond donors (Lipinski definition) is 2. The zero-order chi connectivity index (χ0) is 15.3. The number of ether oxygens (including phenoxy) is 1. The third kappa shape index (κ3) is 4.53. The Morgan fingerprint density at radius 3 is 2.60 bits per heavy atom. The molecule has 0 spiro atoms. The van der Waals surface area contributed by atoms with Crippen LogP contribution in [0.25, 0.3) is 0 Å². The number of rotatable bonds is 5. The first kappa shape index (κ1) is 16.5. The van der Waals surface area contributed by atoms with Crippen LogP contribution in [0.5, 0.6) is 5.75 Å². The van der Waals surface area contributed by atoms with Crippen LogP contribution in [-0.4, -0.2) is 18.6 Å². The monoisotopic (exact) mass is 278 g/mol. The third-order valence-corrected chi connectivity index (χ3v) is 3.24. The maximum absolute atomic E-state index is 12.1. The Hall–Kier alpha value is -1.55. The van der Waals surface area contributed by atoms with Gasteiger partial charge in [-0.05, 0) is 37.0 Å². The second-order valence-corrected chi connectivity index (χ2v) is 6.08. The molecule has 0 aliphatic carbocycles. The summed E-state index contributed by atoms with van der Waals surface area (Å²) in [7, 11) is 0. The third-order valence-electron chi connectivity index (χ3n) is 3.24. The number of hydrogen-bond acceptors (Lipinski definition) is 3. The predicted molar refractivity (Wildman–Crippen MR) is 81.6 cm³/mol. The van der Waals surface area contributed by atoms with Crippen molar-refractivity contribution >= 4 is 5.91 Å². The van der Waals surface area contributed by atoms with Gasteiger partial charge >= 0.3 is 0 Å². The van der Waals surface area contributed by atoms with Gasteiger partial charge in [0.1, 0.15) is 5.75 Å². The molecule has 2 atom stereocenters. The molecule has 0 radical (unpaired) electrons. The molecule has 1 aromatic rings. The fraction of sp³-hybridized carbons (Fsp3) is 0.562. The Bertz CT molecular complexity index is 452. The van der Waals surface area contributed by atoms with Crippen molar-refractivity contribution in [1.82, 2.24) is 5.32 Å². The molecule has 0 heterocycles. The molecule has 0 saturated heterocycles. The molecule has 4 heteroatoms. The molecule has 1 aromatic carbocycles. The van der Waals surface area contributed by atoms with Crippen molar-refractivity contribution in [2.75, 3.05) is 6.61 Å². The van der Waals surface area contributed by atoms with E-state index in [2.05, 4.69) is 5.32 Å². The maximum Gasteiger partial charge on any atom is 0.237 e. The molecule has 0 aliphatic heterocycles. The van der Waals surface area contributed by atoms with Gasteiger partial charge in [-0.1, -0.05) is 32.9 Å². The van der Waals surface area contributed by atoms with E-state index in [0.717, 1.165) is 11.3 Å². The number of benzene rings is 1. The number of amides is 1. The molecule has 0 saturated carbocycles. The molecule has 0 aliphatic rings. The van der Waals surface area contributed by atoms with E-state index in [1.165, 1.54) is 0 Å². The highest BCUT2D eigenvalue weighted by atomic mass is 16.5. The van der Waals surface area contributed by atoms with Gasteiger partial charge in [-0.2, -0.15) is 0 Å². The highest BCUT2D eigenvalue weighted by Crippen LogP contribution is 2.21. The molecule has 112 valence electrons. The van der Waals surface area contributed by atoms with Crippen LogP contribution < -0.4 is 15.8 Å². The normalized spacial score (nSPS) is 14.5. The maximum atomic E-state index is 12.1. The second kappa shape index (κ2) is 6.75. The van der Waals surface area contributed by atoms with Gasteiger partial charge < -0.3 is 15.8 Å². The highest BCUT2D eigenvalue weighted by molar-refractivity contribution is 5.82. The summed E-state index contributed by atoms with van der Waals surface area (Å²) < 4.78 is 5.47. The molecule has 1 rings (SSSR count). The van der Waals surface area contributed by atoms with Crippen molar-refractivity contribution < 1.29 is 9.53 Å². The quantitative estimate of drug-likeness (QED) is 0.870. The minimum absolute atomic E-state index is 0.101. The van der Waals surface area contributed by atoms with Crippen molar-refractivity contribution in [3.63, 3.8) is 0 Å². The van der Waals surface area contributed by atoms with Crippen LogP contribution in [0.3, 0.4) is 0 Å². The van der Waals surface area contributed by atoms with Crippen molar-refractivity contribution in [1.29, 1.82) is 0 Å². The number of carbonyl (C=O) groups excluding carboxylic acids is 1. The Labute approximate surface area is 121 Å². The lowest BCUT2D eigenvalue weighted by Gasteiger charge is -2.27. The Morgan fingerprint density at radius 2 is 2.05 bits per heavy atom. The summed E-state index contributed by atoms with van der Waals surface area (Å²) in [5, 5.41) is 2.95. The Balaban J connectivity index is 2.73. The largest absolute Gasteiger partial charge is 0.494 e. The summed E-state index contributed by atoms with van der Waals surface area (Å²) in [6.45, 7) is 10.4. The average molecular weight is 278 g/mol. The fourth-order valence-corrected chi connectivity index (χ4v) is 1.82. The number of nitrogens with one attached hydrogen (secondary N) is 1. The zero-order valence-electron chi connectivity index (χ0n) is 13.1. The molecule has 0 fully saturated rings. The van der Waals surface area contributed by atoms with Gasteiger partial charge in [-0.3, -0.25) is 4.79 Å². The van der Waals surface area contributed by atoms with Gasteiger partial charge in [0.2, 0.25) is 5.91 Å². The van der Waals surface area contributed by atoms with Gasteiger partial charge in [-0.15, -0.1) is 0 Å².